The zero-order valence-electron chi connectivity index (χ0n) is 15.5. The number of halogens is 1. The lowest BCUT2D eigenvalue weighted by Gasteiger charge is -2.26. The second kappa shape index (κ2) is 7.28. The number of hydrogen-bond acceptors (Lipinski definition) is 2. The molecule has 0 radical (unpaired) electrons. The van der Waals surface area contributed by atoms with Gasteiger partial charge in [0, 0.05) is 11.9 Å². The Balaban J connectivity index is 1.61. The van der Waals surface area contributed by atoms with Crippen molar-refractivity contribution in [1.29, 1.82) is 0 Å². The molecule has 4 rings (SSSR count). The van der Waals surface area contributed by atoms with Gasteiger partial charge in [-0.15, -0.1) is 0 Å². The van der Waals surface area contributed by atoms with Crippen LogP contribution in [0.3, 0.4) is 0 Å². The van der Waals surface area contributed by atoms with Gasteiger partial charge in [0.15, 0.2) is 0 Å². The smallest absolute Gasteiger partial charge is 0.267 e. The van der Waals surface area contributed by atoms with Crippen molar-refractivity contribution in [3.63, 3.8) is 0 Å². The van der Waals surface area contributed by atoms with E-state index in [1.807, 2.05) is 36.4 Å². The maximum atomic E-state index is 13.0. The fourth-order valence-corrected chi connectivity index (χ4v) is 3.86. The Morgan fingerprint density at radius 1 is 1.30 bits per heavy atom. The fraction of sp³-hybridized carbons (Fsp3) is 0.318. The molecule has 140 valence electrons. The first-order valence-electron chi connectivity index (χ1n) is 9.40. The first-order chi connectivity index (χ1) is 13.1. The number of hydrogen-bond donors (Lipinski definition) is 1. The van der Waals surface area contributed by atoms with Crippen LogP contribution in [0.5, 0.6) is 5.75 Å². The first kappa shape index (κ1) is 17.9. The van der Waals surface area contributed by atoms with Crippen molar-refractivity contribution < 1.29 is 9.53 Å². The van der Waals surface area contributed by atoms with Gasteiger partial charge in [-0.05, 0) is 36.1 Å². The van der Waals surface area contributed by atoms with Gasteiger partial charge in [-0.2, -0.15) is 0 Å². The molecule has 0 spiro atoms. The second-order valence-electron chi connectivity index (χ2n) is 7.12. The van der Waals surface area contributed by atoms with Gasteiger partial charge in [0.05, 0.1) is 17.1 Å². The van der Waals surface area contributed by atoms with Crippen LogP contribution in [0.25, 0.3) is 10.9 Å². The summed E-state index contributed by atoms with van der Waals surface area (Å²) in [6, 6.07) is 15.8. The molecule has 0 saturated carbocycles. The van der Waals surface area contributed by atoms with E-state index in [0.717, 1.165) is 23.1 Å². The number of amides is 1. The van der Waals surface area contributed by atoms with E-state index < -0.39 is 0 Å². The summed E-state index contributed by atoms with van der Waals surface area (Å²) in [6.07, 6.45) is 0.942. The van der Waals surface area contributed by atoms with Crippen LogP contribution in [0.15, 0.2) is 48.5 Å². The highest BCUT2D eigenvalue weighted by Gasteiger charge is 2.27. The number of benzene rings is 2. The van der Waals surface area contributed by atoms with Gasteiger partial charge in [-0.25, -0.2) is 0 Å². The molecule has 3 aromatic rings. The predicted octanol–water partition coefficient (Wildman–Crippen LogP) is 5.00. The summed E-state index contributed by atoms with van der Waals surface area (Å²) < 4.78 is 8.10. The maximum absolute atomic E-state index is 13.0. The molecule has 0 fully saturated rings. The highest BCUT2D eigenvalue weighted by atomic mass is 35.5. The molecule has 5 heteroatoms. The van der Waals surface area contributed by atoms with Gasteiger partial charge >= 0.3 is 0 Å². The number of nitrogens with one attached hydrogen (secondary N) is 1. The third-order valence-corrected chi connectivity index (χ3v) is 5.60. The van der Waals surface area contributed by atoms with E-state index in [2.05, 4.69) is 35.9 Å². The fourth-order valence-electron chi connectivity index (χ4n) is 3.66. The van der Waals surface area contributed by atoms with Crippen LogP contribution in [0, 0.1) is 0 Å². The highest BCUT2D eigenvalue weighted by molar-refractivity contribution is 6.36. The largest absolute Gasteiger partial charge is 0.486 e. The minimum absolute atomic E-state index is 0.0593. The van der Waals surface area contributed by atoms with Crippen LogP contribution in [-0.4, -0.2) is 23.1 Å². The standard InChI is InChI=1S/C22H23ClN2O2/c1-3-16-13-25-19(11-17-18(23)9-10-20(27-16)21(17)25)22(26)24-12-14(2)15-7-5-4-6-8-15/h4-11,14,16H,3,12-13H2,1-2H3,(H,24,26)/t14-,16+/m0/s1. The normalized spacial score (nSPS) is 16.8. The minimum atomic E-state index is -0.0762. The van der Waals surface area contributed by atoms with E-state index >= 15 is 0 Å². The Labute approximate surface area is 164 Å². The number of ether oxygens (including phenoxy) is 1. The second-order valence-corrected chi connectivity index (χ2v) is 7.53. The number of nitrogens with zero attached hydrogens (tertiary/aromatic N) is 1. The average molecular weight is 383 g/mol. The Morgan fingerprint density at radius 3 is 2.81 bits per heavy atom. The van der Waals surface area contributed by atoms with Crippen LogP contribution < -0.4 is 10.1 Å². The summed E-state index contributed by atoms with van der Waals surface area (Å²) >= 11 is 6.38. The SMILES string of the molecule is CC[C@@H]1Cn2c(C(=O)NC[C@H](C)c3ccccc3)cc3c(Cl)ccc(c32)O1. The molecule has 2 aromatic carbocycles. The number of aromatic nitrogens is 1. The Morgan fingerprint density at radius 2 is 2.07 bits per heavy atom. The number of carbonyl (C=O) groups is 1. The molecule has 1 amide bonds. The molecule has 2 atom stereocenters. The van der Waals surface area contributed by atoms with E-state index in [0.29, 0.717) is 23.8 Å². The topological polar surface area (TPSA) is 43.3 Å². The molecule has 4 nitrogen and oxygen atoms in total. The maximum Gasteiger partial charge on any atom is 0.267 e. The lowest BCUT2D eigenvalue weighted by Crippen LogP contribution is -2.32. The van der Waals surface area contributed by atoms with Gasteiger partial charge in [0.1, 0.15) is 17.5 Å². The Kier molecular flexibility index (Phi) is 4.83. The molecular formula is C22H23ClN2O2. The van der Waals surface area contributed by atoms with Crippen molar-refractivity contribution in [2.24, 2.45) is 0 Å². The van der Waals surface area contributed by atoms with E-state index in [4.69, 9.17) is 16.3 Å². The number of rotatable bonds is 5. The Hall–Kier alpha value is -2.46. The van der Waals surface area contributed by atoms with E-state index in [1.54, 1.807) is 0 Å². The van der Waals surface area contributed by atoms with E-state index in [1.165, 1.54) is 5.56 Å². The van der Waals surface area contributed by atoms with Crippen molar-refractivity contribution in [2.75, 3.05) is 6.54 Å². The number of carbonyl (C=O) groups excluding carboxylic acids is 1. The highest BCUT2D eigenvalue weighted by Crippen LogP contribution is 2.38. The molecule has 1 N–H and O–H groups in total. The lowest BCUT2D eigenvalue weighted by atomic mass is 10.0. The molecule has 1 aliphatic heterocycles. The van der Waals surface area contributed by atoms with Crippen molar-refractivity contribution in [3.05, 3.63) is 64.8 Å². The molecule has 1 aromatic heterocycles. The van der Waals surface area contributed by atoms with Crippen molar-refractivity contribution in [2.45, 2.75) is 38.8 Å². The monoisotopic (exact) mass is 382 g/mol. The molecule has 27 heavy (non-hydrogen) atoms. The molecule has 2 heterocycles. The van der Waals surface area contributed by atoms with Crippen LogP contribution in [0.4, 0.5) is 0 Å². The summed E-state index contributed by atoms with van der Waals surface area (Å²) in [7, 11) is 0. The van der Waals surface area contributed by atoms with Crippen LogP contribution in [0.2, 0.25) is 5.02 Å². The third kappa shape index (κ3) is 3.30. The van der Waals surface area contributed by atoms with Gasteiger partial charge < -0.3 is 14.6 Å². The molecular weight excluding hydrogens is 360 g/mol. The zero-order valence-corrected chi connectivity index (χ0v) is 16.3. The summed E-state index contributed by atoms with van der Waals surface area (Å²) in [4.78, 5) is 13.0. The van der Waals surface area contributed by atoms with Gasteiger partial charge in [-0.1, -0.05) is 55.8 Å². The summed E-state index contributed by atoms with van der Waals surface area (Å²) in [5.41, 5.74) is 2.76. The molecule has 0 bridgehead atoms. The van der Waals surface area contributed by atoms with E-state index in [-0.39, 0.29) is 17.9 Å². The summed E-state index contributed by atoms with van der Waals surface area (Å²) in [5, 5.41) is 4.59. The molecule has 1 aliphatic rings. The lowest BCUT2D eigenvalue weighted by molar-refractivity contribution is 0.0936. The van der Waals surface area contributed by atoms with Gasteiger partial charge in [0.2, 0.25) is 0 Å². The molecule has 0 saturated heterocycles. The molecule has 0 aliphatic carbocycles. The van der Waals surface area contributed by atoms with Gasteiger partial charge in [0.25, 0.3) is 5.91 Å². The summed E-state index contributed by atoms with van der Waals surface area (Å²) in [6.45, 7) is 5.45. The predicted molar refractivity (Wildman–Crippen MR) is 109 cm³/mol. The Bertz CT molecular complexity index is 981. The quantitative estimate of drug-likeness (QED) is 0.674. The third-order valence-electron chi connectivity index (χ3n) is 5.27. The van der Waals surface area contributed by atoms with E-state index in [9.17, 15) is 4.79 Å². The van der Waals surface area contributed by atoms with Crippen molar-refractivity contribution in [1.82, 2.24) is 9.88 Å². The van der Waals surface area contributed by atoms with Crippen LogP contribution in [-0.2, 0) is 6.54 Å². The zero-order chi connectivity index (χ0) is 19.0. The van der Waals surface area contributed by atoms with Gasteiger partial charge in [-0.3, -0.25) is 4.79 Å². The summed E-state index contributed by atoms with van der Waals surface area (Å²) in [5.74, 6) is 0.962. The minimum Gasteiger partial charge on any atom is -0.486 e. The van der Waals surface area contributed by atoms with Crippen LogP contribution in [0.1, 0.15) is 42.2 Å². The first-order valence-corrected chi connectivity index (χ1v) is 9.77. The molecule has 0 unspecified atom stereocenters. The van der Waals surface area contributed by atoms with Crippen LogP contribution >= 0.6 is 11.6 Å². The average Bonchev–Trinajstić information content (AvgIpc) is 3.10. The van der Waals surface area contributed by atoms with Crippen molar-refractivity contribution in [3.8, 4) is 5.75 Å². The van der Waals surface area contributed by atoms with Crippen molar-refractivity contribution >= 4 is 28.4 Å².